The van der Waals surface area contributed by atoms with E-state index in [1.807, 2.05) is 30.3 Å². The minimum Gasteiger partial charge on any atom is -0.497 e. The summed E-state index contributed by atoms with van der Waals surface area (Å²) in [6, 6.07) is 11.9. The van der Waals surface area contributed by atoms with Crippen molar-refractivity contribution in [1.82, 2.24) is 0 Å². The summed E-state index contributed by atoms with van der Waals surface area (Å²) in [4.78, 5) is 12.3. The first-order valence-electron chi connectivity index (χ1n) is 7.49. The Kier molecular flexibility index (Phi) is 3.34. The number of anilines is 1. The molecule has 2 aliphatic rings. The van der Waals surface area contributed by atoms with Crippen LogP contribution < -0.4 is 10.1 Å². The van der Waals surface area contributed by atoms with E-state index in [0.717, 1.165) is 16.9 Å². The lowest BCUT2D eigenvalue weighted by atomic mass is 10.0. The number of carbonyl (C=O) groups excluding carboxylic acids is 1. The van der Waals surface area contributed by atoms with Crippen LogP contribution in [0.25, 0.3) is 11.1 Å². The standard InChI is InChI=1S/C19H14FNO3/c1-23-14-4-2-3-11(7-14)12-8-17(24-10-12)18-15-6-5-13(20)9-16(15)21-19(18)22/h2-9H,10H2,1H3,(H,21,22). The molecule has 0 saturated heterocycles. The van der Waals surface area contributed by atoms with E-state index in [0.29, 0.717) is 29.2 Å². The van der Waals surface area contributed by atoms with Crippen molar-refractivity contribution in [3.63, 3.8) is 0 Å². The van der Waals surface area contributed by atoms with Crippen LogP contribution in [-0.2, 0) is 9.53 Å². The van der Waals surface area contributed by atoms with Crippen LogP contribution in [0.15, 0.2) is 54.3 Å². The maximum Gasteiger partial charge on any atom is 0.260 e. The summed E-state index contributed by atoms with van der Waals surface area (Å²) in [7, 11) is 1.62. The third-order valence-electron chi connectivity index (χ3n) is 4.10. The van der Waals surface area contributed by atoms with E-state index in [2.05, 4.69) is 5.32 Å². The fourth-order valence-corrected chi connectivity index (χ4v) is 2.92. The number of nitrogens with one attached hydrogen (secondary N) is 1. The van der Waals surface area contributed by atoms with Gasteiger partial charge < -0.3 is 14.8 Å². The molecule has 120 valence electrons. The first-order chi connectivity index (χ1) is 11.7. The van der Waals surface area contributed by atoms with Crippen LogP contribution in [0.2, 0.25) is 0 Å². The molecule has 0 unspecified atom stereocenters. The molecule has 0 spiro atoms. The van der Waals surface area contributed by atoms with E-state index >= 15 is 0 Å². The summed E-state index contributed by atoms with van der Waals surface area (Å²) in [6.07, 6.45) is 1.85. The predicted octanol–water partition coefficient (Wildman–Crippen LogP) is 3.61. The molecule has 2 aromatic carbocycles. The van der Waals surface area contributed by atoms with E-state index < -0.39 is 0 Å². The lowest BCUT2D eigenvalue weighted by Gasteiger charge is -2.04. The molecule has 0 atom stereocenters. The topological polar surface area (TPSA) is 47.6 Å². The number of ether oxygens (including phenoxy) is 2. The van der Waals surface area contributed by atoms with E-state index in [1.54, 1.807) is 13.2 Å². The minimum atomic E-state index is -0.389. The third kappa shape index (κ3) is 2.34. The van der Waals surface area contributed by atoms with Crippen molar-refractivity contribution in [1.29, 1.82) is 0 Å². The summed E-state index contributed by atoms with van der Waals surface area (Å²) in [5.41, 5.74) is 3.49. The third-order valence-corrected chi connectivity index (χ3v) is 4.10. The van der Waals surface area contributed by atoms with Crippen LogP contribution in [0.3, 0.4) is 0 Å². The fraction of sp³-hybridized carbons (Fsp3) is 0.105. The van der Waals surface area contributed by atoms with Crippen molar-refractivity contribution in [2.75, 3.05) is 19.0 Å². The maximum atomic E-state index is 13.3. The van der Waals surface area contributed by atoms with Crippen molar-refractivity contribution in [3.8, 4) is 5.75 Å². The van der Waals surface area contributed by atoms with Gasteiger partial charge in [-0.05, 0) is 42.0 Å². The largest absolute Gasteiger partial charge is 0.497 e. The van der Waals surface area contributed by atoms with Crippen LogP contribution in [0.4, 0.5) is 10.1 Å². The predicted molar refractivity (Wildman–Crippen MR) is 88.9 cm³/mol. The molecule has 0 saturated carbocycles. The maximum absolute atomic E-state index is 13.3. The van der Waals surface area contributed by atoms with Gasteiger partial charge in [0.25, 0.3) is 5.91 Å². The second-order valence-corrected chi connectivity index (χ2v) is 5.57. The summed E-state index contributed by atoms with van der Waals surface area (Å²) in [5, 5.41) is 2.67. The van der Waals surface area contributed by atoms with Crippen LogP contribution in [0.5, 0.6) is 5.75 Å². The summed E-state index contributed by atoms with van der Waals surface area (Å²) in [6.45, 7) is 0.371. The van der Waals surface area contributed by atoms with Crippen LogP contribution in [-0.4, -0.2) is 19.6 Å². The van der Waals surface area contributed by atoms with E-state index in [1.165, 1.54) is 12.1 Å². The molecule has 1 N–H and O–H groups in total. The molecular weight excluding hydrogens is 309 g/mol. The average molecular weight is 323 g/mol. The molecule has 0 bridgehead atoms. The van der Waals surface area contributed by atoms with Gasteiger partial charge in [-0.2, -0.15) is 0 Å². The molecule has 2 aromatic rings. The van der Waals surface area contributed by atoms with Crippen LogP contribution in [0.1, 0.15) is 11.1 Å². The normalized spacial score (nSPS) is 18.8. The Balaban J connectivity index is 1.77. The Morgan fingerprint density at radius 2 is 2.08 bits per heavy atom. The highest BCUT2D eigenvalue weighted by Gasteiger charge is 2.30. The number of hydrogen-bond acceptors (Lipinski definition) is 3. The molecule has 0 aliphatic carbocycles. The van der Waals surface area contributed by atoms with E-state index in [-0.39, 0.29) is 11.7 Å². The minimum absolute atomic E-state index is 0.284. The van der Waals surface area contributed by atoms with Crippen molar-refractivity contribution >= 4 is 22.7 Å². The zero-order chi connectivity index (χ0) is 16.7. The highest BCUT2D eigenvalue weighted by Crippen LogP contribution is 2.38. The van der Waals surface area contributed by atoms with Gasteiger partial charge in [0, 0.05) is 11.1 Å². The fourth-order valence-electron chi connectivity index (χ4n) is 2.92. The van der Waals surface area contributed by atoms with Gasteiger partial charge in [-0.25, -0.2) is 4.39 Å². The number of allylic oxidation sites excluding steroid dienone is 1. The highest BCUT2D eigenvalue weighted by molar-refractivity contribution is 6.32. The Bertz CT molecular complexity index is 915. The van der Waals surface area contributed by atoms with Gasteiger partial charge in [0.1, 0.15) is 23.9 Å². The van der Waals surface area contributed by atoms with E-state index in [9.17, 15) is 9.18 Å². The van der Waals surface area contributed by atoms with Crippen molar-refractivity contribution in [3.05, 3.63) is 71.2 Å². The van der Waals surface area contributed by atoms with Gasteiger partial charge in [0.05, 0.1) is 18.4 Å². The SMILES string of the molecule is COc1cccc(C2=CC(=C3C(=O)Nc4cc(F)ccc43)OC2)c1. The molecule has 0 radical (unpaired) electrons. The Morgan fingerprint density at radius 3 is 2.92 bits per heavy atom. The first kappa shape index (κ1) is 14.5. The van der Waals surface area contributed by atoms with E-state index in [4.69, 9.17) is 9.47 Å². The number of amides is 1. The van der Waals surface area contributed by atoms with Crippen molar-refractivity contribution in [2.45, 2.75) is 0 Å². The molecule has 0 fully saturated rings. The number of halogens is 1. The first-order valence-corrected chi connectivity index (χ1v) is 7.49. The summed E-state index contributed by atoms with van der Waals surface area (Å²) < 4.78 is 24.3. The number of methoxy groups -OCH3 is 1. The van der Waals surface area contributed by atoms with Gasteiger partial charge in [0.2, 0.25) is 0 Å². The number of carbonyl (C=O) groups is 1. The molecular formula is C19H14FNO3. The average Bonchev–Trinajstić information content (AvgIpc) is 3.18. The molecule has 0 aromatic heterocycles. The molecule has 4 nitrogen and oxygen atoms in total. The second-order valence-electron chi connectivity index (χ2n) is 5.57. The number of fused-ring (bicyclic) bond motifs is 1. The molecule has 2 heterocycles. The lowest BCUT2D eigenvalue weighted by Crippen LogP contribution is -2.05. The molecule has 4 rings (SSSR count). The van der Waals surface area contributed by atoms with Gasteiger partial charge in [0.15, 0.2) is 0 Å². The molecule has 5 heteroatoms. The number of hydrogen-bond donors (Lipinski definition) is 1. The Hall–Kier alpha value is -3.08. The zero-order valence-electron chi connectivity index (χ0n) is 12.9. The highest BCUT2D eigenvalue weighted by atomic mass is 19.1. The second kappa shape index (κ2) is 5.53. The quantitative estimate of drug-likeness (QED) is 0.859. The van der Waals surface area contributed by atoms with Gasteiger partial charge in [-0.15, -0.1) is 0 Å². The lowest BCUT2D eigenvalue weighted by molar-refractivity contribution is -0.110. The van der Waals surface area contributed by atoms with Crippen LogP contribution >= 0.6 is 0 Å². The number of rotatable bonds is 2. The van der Waals surface area contributed by atoms with Gasteiger partial charge in [-0.3, -0.25) is 4.79 Å². The smallest absolute Gasteiger partial charge is 0.260 e. The summed E-state index contributed by atoms with van der Waals surface area (Å²) >= 11 is 0. The Labute approximate surface area is 138 Å². The molecule has 24 heavy (non-hydrogen) atoms. The molecule has 2 aliphatic heterocycles. The van der Waals surface area contributed by atoms with Crippen molar-refractivity contribution in [2.24, 2.45) is 0 Å². The van der Waals surface area contributed by atoms with Gasteiger partial charge >= 0.3 is 0 Å². The number of benzene rings is 2. The monoisotopic (exact) mass is 323 g/mol. The van der Waals surface area contributed by atoms with Crippen molar-refractivity contribution < 1.29 is 18.7 Å². The van der Waals surface area contributed by atoms with Crippen LogP contribution in [0, 0.1) is 5.82 Å². The molecule has 1 amide bonds. The Morgan fingerprint density at radius 1 is 1.21 bits per heavy atom. The van der Waals surface area contributed by atoms with Gasteiger partial charge in [-0.1, -0.05) is 12.1 Å². The zero-order valence-corrected chi connectivity index (χ0v) is 12.9. The summed E-state index contributed by atoms with van der Waals surface area (Å²) in [5.74, 6) is 0.582.